The van der Waals surface area contributed by atoms with Crippen molar-refractivity contribution < 1.29 is 0 Å². The molecule has 0 aliphatic rings. The van der Waals surface area contributed by atoms with Gasteiger partial charge in [0.15, 0.2) is 0 Å². The second-order valence-corrected chi connectivity index (χ2v) is 4.41. The summed E-state index contributed by atoms with van der Waals surface area (Å²) < 4.78 is 1.77. The molecular weight excluding hydrogens is 268 g/mol. The Morgan fingerprint density at radius 1 is 1.32 bits per heavy atom. The minimum atomic E-state index is 0.178. The summed E-state index contributed by atoms with van der Waals surface area (Å²) in [6.07, 6.45) is 4.36. The van der Waals surface area contributed by atoms with Crippen molar-refractivity contribution in [3.63, 3.8) is 0 Å². The van der Waals surface area contributed by atoms with E-state index < -0.39 is 0 Å². The average Bonchev–Trinajstić information content (AvgIpc) is 2.87. The summed E-state index contributed by atoms with van der Waals surface area (Å²) >= 11 is 5.84. The van der Waals surface area contributed by atoms with Gasteiger partial charge in [-0.15, -0.1) is 5.10 Å². The SMILES string of the molecule is CN(C)c1nc(Cl)nc(NCCCn2ccnn2)n1. The van der Waals surface area contributed by atoms with Crippen LogP contribution < -0.4 is 10.2 Å². The fourth-order valence-electron chi connectivity index (χ4n) is 1.41. The van der Waals surface area contributed by atoms with Crippen LogP contribution in [0.5, 0.6) is 0 Å². The van der Waals surface area contributed by atoms with Crippen LogP contribution in [0.25, 0.3) is 0 Å². The van der Waals surface area contributed by atoms with E-state index in [0.29, 0.717) is 18.4 Å². The molecular formula is C10H15ClN8. The quantitative estimate of drug-likeness (QED) is 0.780. The summed E-state index contributed by atoms with van der Waals surface area (Å²) in [5, 5.41) is 10.9. The van der Waals surface area contributed by atoms with Gasteiger partial charge < -0.3 is 10.2 Å². The molecule has 8 nitrogen and oxygen atoms in total. The third kappa shape index (κ3) is 4.02. The van der Waals surface area contributed by atoms with E-state index in [1.54, 1.807) is 15.8 Å². The summed E-state index contributed by atoms with van der Waals surface area (Å²) in [5.74, 6) is 1.00. The molecule has 0 aromatic carbocycles. The van der Waals surface area contributed by atoms with Crippen LogP contribution in [0, 0.1) is 0 Å². The molecule has 1 N–H and O–H groups in total. The van der Waals surface area contributed by atoms with Crippen LogP contribution in [0.4, 0.5) is 11.9 Å². The maximum absolute atomic E-state index is 5.84. The predicted molar refractivity (Wildman–Crippen MR) is 72.3 cm³/mol. The third-order valence-electron chi connectivity index (χ3n) is 2.32. The number of hydrogen-bond acceptors (Lipinski definition) is 7. The number of nitrogens with one attached hydrogen (secondary N) is 1. The second kappa shape index (κ2) is 6.28. The van der Waals surface area contributed by atoms with Crippen LogP contribution in [0.1, 0.15) is 6.42 Å². The topological polar surface area (TPSA) is 84.7 Å². The van der Waals surface area contributed by atoms with Crippen molar-refractivity contribution in [2.45, 2.75) is 13.0 Å². The number of aromatic nitrogens is 6. The molecule has 0 amide bonds. The molecule has 0 saturated carbocycles. The number of hydrogen-bond donors (Lipinski definition) is 1. The summed E-state index contributed by atoms with van der Waals surface area (Å²) in [5.41, 5.74) is 0. The standard InChI is InChI=1S/C10H15ClN8/c1-18(2)10-15-8(11)14-9(16-10)12-4-3-6-19-7-5-13-17-19/h5,7H,3-4,6H2,1-2H3,(H,12,14,15,16). The van der Waals surface area contributed by atoms with E-state index in [0.717, 1.165) is 13.0 Å². The maximum atomic E-state index is 5.84. The fourth-order valence-corrected chi connectivity index (χ4v) is 1.57. The van der Waals surface area contributed by atoms with E-state index in [2.05, 4.69) is 30.6 Å². The monoisotopic (exact) mass is 282 g/mol. The average molecular weight is 283 g/mol. The summed E-state index contributed by atoms with van der Waals surface area (Å²) in [7, 11) is 3.69. The van der Waals surface area contributed by atoms with Crippen molar-refractivity contribution in [3.8, 4) is 0 Å². The smallest absolute Gasteiger partial charge is 0.230 e. The Balaban J connectivity index is 1.85. The molecule has 0 saturated heterocycles. The zero-order valence-electron chi connectivity index (χ0n) is 10.8. The molecule has 0 fully saturated rings. The van der Waals surface area contributed by atoms with Crippen molar-refractivity contribution in [2.24, 2.45) is 0 Å². The highest BCUT2D eigenvalue weighted by Crippen LogP contribution is 2.11. The van der Waals surface area contributed by atoms with Crippen LogP contribution in [-0.2, 0) is 6.54 Å². The molecule has 2 aromatic heterocycles. The Bertz CT molecular complexity index is 512. The molecule has 9 heteroatoms. The van der Waals surface area contributed by atoms with Crippen molar-refractivity contribution >= 4 is 23.5 Å². The van der Waals surface area contributed by atoms with Gasteiger partial charge in [0.2, 0.25) is 17.2 Å². The zero-order valence-corrected chi connectivity index (χ0v) is 11.5. The highest BCUT2D eigenvalue weighted by Gasteiger charge is 2.05. The number of rotatable bonds is 6. The van der Waals surface area contributed by atoms with Crippen molar-refractivity contribution in [2.75, 3.05) is 30.9 Å². The van der Waals surface area contributed by atoms with Crippen LogP contribution in [-0.4, -0.2) is 50.6 Å². The molecule has 19 heavy (non-hydrogen) atoms. The molecule has 2 aromatic rings. The molecule has 0 atom stereocenters. The van der Waals surface area contributed by atoms with E-state index in [1.807, 2.05) is 20.3 Å². The van der Waals surface area contributed by atoms with Gasteiger partial charge in [-0.3, -0.25) is 4.68 Å². The van der Waals surface area contributed by atoms with Gasteiger partial charge in [0.25, 0.3) is 0 Å². The minimum Gasteiger partial charge on any atom is -0.354 e. The summed E-state index contributed by atoms with van der Waals surface area (Å²) in [4.78, 5) is 14.0. The fraction of sp³-hybridized carbons (Fsp3) is 0.500. The first-order valence-electron chi connectivity index (χ1n) is 5.82. The van der Waals surface area contributed by atoms with E-state index >= 15 is 0 Å². The zero-order chi connectivity index (χ0) is 13.7. The first-order chi connectivity index (χ1) is 9.15. The van der Waals surface area contributed by atoms with Gasteiger partial charge in [0.05, 0.1) is 6.20 Å². The van der Waals surface area contributed by atoms with Gasteiger partial charge in [-0.2, -0.15) is 15.0 Å². The van der Waals surface area contributed by atoms with Gasteiger partial charge >= 0.3 is 0 Å². The normalized spacial score (nSPS) is 10.5. The largest absolute Gasteiger partial charge is 0.354 e. The predicted octanol–water partition coefficient (Wildman–Crippen LogP) is 0.685. The van der Waals surface area contributed by atoms with E-state index in [9.17, 15) is 0 Å². The lowest BCUT2D eigenvalue weighted by atomic mass is 10.4. The van der Waals surface area contributed by atoms with Gasteiger partial charge in [-0.1, -0.05) is 5.21 Å². The van der Waals surface area contributed by atoms with Crippen molar-refractivity contribution in [3.05, 3.63) is 17.7 Å². The van der Waals surface area contributed by atoms with Gasteiger partial charge in [0.1, 0.15) is 0 Å². The second-order valence-electron chi connectivity index (χ2n) is 4.07. The highest BCUT2D eigenvalue weighted by atomic mass is 35.5. The summed E-state index contributed by atoms with van der Waals surface area (Å²) in [6, 6.07) is 0. The minimum absolute atomic E-state index is 0.178. The third-order valence-corrected chi connectivity index (χ3v) is 2.48. The van der Waals surface area contributed by atoms with E-state index in [4.69, 9.17) is 11.6 Å². The van der Waals surface area contributed by atoms with Crippen LogP contribution >= 0.6 is 11.6 Å². The van der Waals surface area contributed by atoms with Gasteiger partial charge in [-0.25, -0.2) is 0 Å². The molecule has 0 radical (unpaired) electrons. The van der Waals surface area contributed by atoms with Crippen LogP contribution in [0.15, 0.2) is 12.4 Å². The Labute approximate surface area is 115 Å². The van der Waals surface area contributed by atoms with Gasteiger partial charge in [0, 0.05) is 33.4 Å². The number of anilines is 2. The number of aryl methyl sites for hydroxylation is 1. The Hall–Kier alpha value is -1.96. The molecule has 0 spiro atoms. The Morgan fingerprint density at radius 3 is 2.84 bits per heavy atom. The van der Waals surface area contributed by atoms with E-state index in [-0.39, 0.29) is 5.28 Å². The Kier molecular flexibility index (Phi) is 4.45. The lowest BCUT2D eigenvalue weighted by Crippen LogP contribution is -2.16. The maximum Gasteiger partial charge on any atom is 0.230 e. The Morgan fingerprint density at radius 2 is 2.16 bits per heavy atom. The first-order valence-corrected chi connectivity index (χ1v) is 6.20. The van der Waals surface area contributed by atoms with Gasteiger partial charge in [-0.05, 0) is 18.0 Å². The molecule has 2 rings (SSSR count). The lowest BCUT2D eigenvalue weighted by molar-refractivity contribution is 0.569. The molecule has 2 heterocycles. The van der Waals surface area contributed by atoms with Crippen LogP contribution in [0.2, 0.25) is 5.28 Å². The highest BCUT2D eigenvalue weighted by molar-refractivity contribution is 6.28. The summed E-state index contributed by atoms with van der Waals surface area (Å²) in [6.45, 7) is 1.50. The molecule has 0 bridgehead atoms. The van der Waals surface area contributed by atoms with Crippen LogP contribution in [0.3, 0.4) is 0 Å². The number of nitrogens with zero attached hydrogens (tertiary/aromatic N) is 7. The molecule has 0 aliphatic carbocycles. The molecule has 102 valence electrons. The number of halogens is 1. The lowest BCUT2D eigenvalue weighted by Gasteiger charge is -2.11. The first kappa shape index (κ1) is 13.5. The molecule has 0 unspecified atom stereocenters. The molecule has 0 aliphatic heterocycles. The van der Waals surface area contributed by atoms with Crippen molar-refractivity contribution in [1.29, 1.82) is 0 Å². The van der Waals surface area contributed by atoms with Crippen molar-refractivity contribution in [1.82, 2.24) is 29.9 Å². The van der Waals surface area contributed by atoms with E-state index in [1.165, 1.54) is 0 Å².